The Labute approximate surface area is 130 Å². The molecule has 0 aliphatic heterocycles. The van der Waals surface area contributed by atoms with Gasteiger partial charge in [0.05, 0.1) is 0 Å². The number of halogens is 4. The molecule has 0 N–H and O–H groups in total. The van der Waals surface area contributed by atoms with E-state index in [9.17, 15) is 17.6 Å². The van der Waals surface area contributed by atoms with Gasteiger partial charge in [0.15, 0.2) is 6.17 Å². The molecule has 0 aliphatic rings. The van der Waals surface area contributed by atoms with E-state index >= 15 is 0 Å². The van der Waals surface area contributed by atoms with E-state index in [1.165, 1.54) is 18.2 Å². The van der Waals surface area contributed by atoms with Crippen molar-refractivity contribution in [3.63, 3.8) is 0 Å². The van der Waals surface area contributed by atoms with Crippen LogP contribution in [0.4, 0.5) is 17.6 Å². The highest BCUT2D eigenvalue weighted by Gasteiger charge is 2.23. The van der Waals surface area contributed by atoms with Gasteiger partial charge < -0.3 is 0 Å². The summed E-state index contributed by atoms with van der Waals surface area (Å²) in [7, 11) is 0. The van der Waals surface area contributed by atoms with Crippen LogP contribution >= 0.6 is 0 Å². The molecule has 124 valence electrons. The lowest BCUT2D eigenvalue weighted by molar-refractivity contribution is 0.294. The molecule has 0 aromatic rings. The molecule has 0 spiro atoms. The molecule has 0 radical (unpaired) electrons. The van der Waals surface area contributed by atoms with Crippen LogP contribution in [-0.2, 0) is 0 Å². The Balaban J connectivity index is 5.82. The molecular weight excluding hydrogens is 292 g/mol. The van der Waals surface area contributed by atoms with Crippen LogP contribution in [0.2, 0.25) is 0 Å². The molecule has 2 atom stereocenters. The van der Waals surface area contributed by atoms with Crippen molar-refractivity contribution in [1.29, 1.82) is 0 Å². The first-order chi connectivity index (χ1) is 10.2. The lowest BCUT2D eigenvalue weighted by Crippen LogP contribution is -2.15. The van der Waals surface area contributed by atoms with Gasteiger partial charge >= 0.3 is 0 Å². The molecule has 0 fully saturated rings. The summed E-state index contributed by atoms with van der Waals surface area (Å²) in [6.45, 7) is 8.88. The van der Waals surface area contributed by atoms with Crippen molar-refractivity contribution < 1.29 is 17.6 Å². The number of rotatable bonds is 8. The standard InChI is InChI=1S/C18H24F4/c1-6-7-14(17(21)10-16(20)13(4)5)15(18(22)11-19)9-8-12(2)3/h6-10,13,17-18H,1,11H2,2-5H3/b14-7-,15-9-,16-10+. The highest BCUT2D eigenvalue weighted by atomic mass is 19.2. The summed E-state index contributed by atoms with van der Waals surface area (Å²) in [6.07, 6.45) is 2.32. The van der Waals surface area contributed by atoms with Crippen LogP contribution in [-0.4, -0.2) is 19.0 Å². The van der Waals surface area contributed by atoms with Gasteiger partial charge in [0.25, 0.3) is 0 Å². The Morgan fingerprint density at radius 1 is 1.05 bits per heavy atom. The predicted octanol–water partition coefficient (Wildman–Crippen LogP) is 6.15. The lowest BCUT2D eigenvalue weighted by Gasteiger charge is -2.16. The van der Waals surface area contributed by atoms with Crippen molar-refractivity contribution in [2.75, 3.05) is 6.67 Å². The van der Waals surface area contributed by atoms with Crippen LogP contribution in [0.25, 0.3) is 0 Å². The zero-order valence-electron chi connectivity index (χ0n) is 13.5. The monoisotopic (exact) mass is 316 g/mol. The fourth-order valence-corrected chi connectivity index (χ4v) is 1.62. The van der Waals surface area contributed by atoms with E-state index in [1.54, 1.807) is 33.8 Å². The average Bonchev–Trinajstić information content (AvgIpc) is 2.45. The first-order valence-electron chi connectivity index (χ1n) is 7.13. The van der Waals surface area contributed by atoms with E-state index < -0.39 is 30.8 Å². The molecule has 22 heavy (non-hydrogen) atoms. The van der Waals surface area contributed by atoms with Crippen molar-refractivity contribution in [2.24, 2.45) is 5.92 Å². The predicted molar refractivity (Wildman–Crippen MR) is 85.6 cm³/mol. The zero-order chi connectivity index (χ0) is 17.3. The minimum atomic E-state index is -1.98. The second kappa shape index (κ2) is 10.2. The maximum Gasteiger partial charge on any atom is 0.154 e. The summed E-state index contributed by atoms with van der Waals surface area (Å²) in [5.74, 6) is -1.12. The molecule has 0 amide bonds. The SMILES string of the molecule is C=C/C=C(/C(=C/C=C(C)C)C(F)CF)C(F)/C=C(/F)C(C)C. The van der Waals surface area contributed by atoms with Crippen molar-refractivity contribution in [2.45, 2.75) is 40.0 Å². The third-order valence-corrected chi connectivity index (χ3v) is 2.85. The minimum Gasteiger partial charge on any atom is -0.248 e. The van der Waals surface area contributed by atoms with E-state index in [0.717, 1.165) is 11.6 Å². The summed E-state index contributed by atoms with van der Waals surface area (Å²) in [4.78, 5) is 0. The van der Waals surface area contributed by atoms with Gasteiger partial charge in [-0.3, -0.25) is 0 Å². The van der Waals surface area contributed by atoms with E-state index in [1.807, 2.05) is 0 Å². The van der Waals surface area contributed by atoms with Crippen LogP contribution in [0.15, 0.2) is 59.5 Å². The van der Waals surface area contributed by atoms with Crippen molar-refractivity contribution >= 4 is 0 Å². The number of hydrogen-bond acceptors (Lipinski definition) is 0. The van der Waals surface area contributed by atoms with E-state index in [2.05, 4.69) is 6.58 Å². The summed E-state index contributed by atoms with van der Waals surface area (Å²) in [6, 6.07) is 0. The van der Waals surface area contributed by atoms with Crippen LogP contribution in [0.1, 0.15) is 27.7 Å². The van der Waals surface area contributed by atoms with Crippen LogP contribution in [0.3, 0.4) is 0 Å². The molecule has 0 aliphatic carbocycles. The van der Waals surface area contributed by atoms with E-state index in [0.29, 0.717) is 0 Å². The van der Waals surface area contributed by atoms with Crippen LogP contribution < -0.4 is 0 Å². The van der Waals surface area contributed by atoms with Gasteiger partial charge in [-0.05, 0) is 31.1 Å². The number of allylic oxidation sites excluding steroid dienone is 9. The number of alkyl halides is 3. The lowest BCUT2D eigenvalue weighted by atomic mass is 9.95. The van der Waals surface area contributed by atoms with Gasteiger partial charge in [-0.1, -0.05) is 50.3 Å². The Morgan fingerprint density at radius 2 is 1.64 bits per heavy atom. The molecule has 0 bridgehead atoms. The molecule has 0 rings (SSSR count). The minimum absolute atomic E-state index is 0.131. The summed E-state index contributed by atoms with van der Waals surface area (Å²) < 4.78 is 54.5. The Morgan fingerprint density at radius 3 is 2.05 bits per heavy atom. The highest BCUT2D eigenvalue weighted by molar-refractivity contribution is 5.43. The average molecular weight is 316 g/mol. The van der Waals surface area contributed by atoms with Gasteiger partial charge in [-0.25, -0.2) is 17.6 Å². The second-order valence-electron chi connectivity index (χ2n) is 5.45. The van der Waals surface area contributed by atoms with Crippen LogP contribution in [0, 0.1) is 5.92 Å². The molecule has 0 nitrogen and oxygen atoms in total. The first kappa shape index (κ1) is 20.4. The molecule has 0 saturated carbocycles. The van der Waals surface area contributed by atoms with Gasteiger partial charge in [0.2, 0.25) is 0 Å². The Bertz CT molecular complexity index is 477. The highest BCUT2D eigenvalue weighted by Crippen LogP contribution is 2.26. The third-order valence-electron chi connectivity index (χ3n) is 2.85. The Hall–Kier alpha value is -1.58. The summed E-state index contributed by atoms with van der Waals surface area (Å²) >= 11 is 0. The smallest absolute Gasteiger partial charge is 0.154 e. The molecule has 4 heteroatoms. The molecule has 0 aromatic heterocycles. The molecule has 2 unspecified atom stereocenters. The van der Waals surface area contributed by atoms with Crippen molar-refractivity contribution in [3.05, 3.63) is 59.5 Å². The Kier molecular flexibility index (Phi) is 9.46. The van der Waals surface area contributed by atoms with Gasteiger partial charge in [0.1, 0.15) is 18.7 Å². The third kappa shape index (κ3) is 6.92. The first-order valence-corrected chi connectivity index (χ1v) is 7.13. The van der Waals surface area contributed by atoms with E-state index in [4.69, 9.17) is 0 Å². The topological polar surface area (TPSA) is 0 Å². The van der Waals surface area contributed by atoms with Gasteiger partial charge in [0, 0.05) is 5.92 Å². The normalized spacial score (nSPS) is 16.5. The fraction of sp³-hybridized carbons (Fsp3) is 0.444. The molecule has 0 heterocycles. The molecular formula is C18H24F4. The summed E-state index contributed by atoms with van der Waals surface area (Å²) in [5.41, 5.74) is 0.568. The maximum atomic E-state index is 14.4. The van der Waals surface area contributed by atoms with Gasteiger partial charge in [-0.15, -0.1) is 0 Å². The number of hydrogen-bond donors (Lipinski definition) is 0. The van der Waals surface area contributed by atoms with Crippen molar-refractivity contribution in [1.82, 2.24) is 0 Å². The molecule has 0 saturated heterocycles. The van der Waals surface area contributed by atoms with Gasteiger partial charge in [-0.2, -0.15) is 0 Å². The maximum absolute atomic E-state index is 14.4. The second-order valence-corrected chi connectivity index (χ2v) is 5.45. The quantitative estimate of drug-likeness (QED) is 0.372. The van der Waals surface area contributed by atoms with Crippen LogP contribution in [0.5, 0.6) is 0 Å². The molecule has 0 aromatic carbocycles. The fourth-order valence-electron chi connectivity index (χ4n) is 1.62. The van der Waals surface area contributed by atoms with Crippen molar-refractivity contribution in [3.8, 4) is 0 Å². The largest absolute Gasteiger partial charge is 0.248 e. The van der Waals surface area contributed by atoms with E-state index in [-0.39, 0.29) is 11.1 Å². The summed E-state index contributed by atoms with van der Waals surface area (Å²) in [5, 5.41) is 0. The zero-order valence-corrected chi connectivity index (χ0v) is 13.5.